The van der Waals surface area contributed by atoms with Crippen molar-refractivity contribution in [1.82, 2.24) is 0 Å². The van der Waals surface area contributed by atoms with E-state index >= 15 is 0 Å². The van der Waals surface area contributed by atoms with Gasteiger partial charge < -0.3 is 4.74 Å². The van der Waals surface area contributed by atoms with E-state index in [0.717, 1.165) is 17.7 Å². The second-order valence-corrected chi connectivity index (χ2v) is 7.25. The van der Waals surface area contributed by atoms with Crippen LogP contribution in [-0.2, 0) is 21.1 Å². The number of rotatable bonds is 2. The van der Waals surface area contributed by atoms with Gasteiger partial charge in [-0.05, 0) is 40.8 Å². The van der Waals surface area contributed by atoms with E-state index in [-0.39, 0.29) is 22.6 Å². The van der Waals surface area contributed by atoms with Crippen LogP contribution in [0.15, 0.2) is 59.2 Å². The van der Waals surface area contributed by atoms with Crippen LogP contribution < -0.4 is 0 Å². The quantitative estimate of drug-likeness (QED) is 0.526. The molecule has 0 radical (unpaired) electrons. The Kier molecular flexibility index (Phi) is 4.68. The molecule has 0 spiro atoms. The Morgan fingerprint density at radius 1 is 0.963 bits per heavy atom. The SMILES string of the molecule is CC(C)(C)c1ccc(C2=N/C(=C\c3ccccc3C(F)(F)F)C(=O)O2)cc1. The summed E-state index contributed by atoms with van der Waals surface area (Å²) in [5.74, 6) is -0.696. The first-order valence-electron chi connectivity index (χ1n) is 8.35. The minimum atomic E-state index is -4.52. The van der Waals surface area contributed by atoms with Crippen molar-refractivity contribution in [2.24, 2.45) is 4.99 Å². The first-order chi connectivity index (χ1) is 12.6. The van der Waals surface area contributed by atoms with Gasteiger partial charge in [0.15, 0.2) is 5.70 Å². The molecule has 6 heteroatoms. The van der Waals surface area contributed by atoms with Gasteiger partial charge in [-0.15, -0.1) is 0 Å². The van der Waals surface area contributed by atoms with Crippen molar-refractivity contribution in [1.29, 1.82) is 0 Å². The molecule has 0 N–H and O–H groups in total. The van der Waals surface area contributed by atoms with E-state index in [9.17, 15) is 18.0 Å². The summed E-state index contributed by atoms with van der Waals surface area (Å²) >= 11 is 0. The van der Waals surface area contributed by atoms with Crippen molar-refractivity contribution in [3.63, 3.8) is 0 Å². The third-order valence-electron chi connectivity index (χ3n) is 4.18. The highest BCUT2D eigenvalue weighted by Gasteiger charge is 2.33. The molecule has 2 aromatic carbocycles. The van der Waals surface area contributed by atoms with E-state index in [4.69, 9.17) is 4.74 Å². The number of benzene rings is 2. The molecular weight excluding hydrogens is 355 g/mol. The largest absolute Gasteiger partial charge is 0.416 e. The summed E-state index contributed by atoms with van der Waals surface area (Å²) in [5.41, 5.74) is 0.531. The fourth-order valence-corrected chi connectivity index (χ4v) is 2.67. The summed E-state index contributed by atoms with van der Waals surface area (Å²) in [6, 6.07) is 12.4. The van der Waals surface area contributed by atoms with E-state index in [1.165, 1.54) is 18.2 Å². The number of halogens is 3. The van der Waals surface area contributed by atoms with Gasteiger partial charge in [-0.1, -0.05) is 51.1 Å². The highest BCUT2D eigenvalue weighted by molar-refractivity contribution is 6.12. The smallest absolute Gasteiger partial charge is 0.402 e. The van der Waals surface area contributed by atoms with E-state index in [1.54, 1.807) is 12.1 Å². The summed E-state index contributed by atoms with van der Waals surface area (Å²) in [5, 5.41) is 0. The van der Waals surface area contributed by atoms with Crippen LogP contribution in [0.5, 0.6) is 0 Å². The lowest BCUT2D eigenvalue weighted by atomic mass is 9.87. The summed E-state index contributed by atoms with van der Waals surface area (Å²) in [4.78, 5) is 16.2. The van der Waals surface area contributed by atoms with Crippen molar-refractivity contribution in [3.05, 3.63) is 76.5 Å². The molecule has 0 unspecified atom stereocenters. The number of carbonyl (C=O) groups excluding carboxylic acids is 1. The van der Waals surface area contributed by atoms with E-state index in [1.807, 2.05) is 12.1 Å². The molecule has 0 saturated heterocycles. The number of hydrogen-bond donors (Lipinski definition) is 0. The predicted molar refractivity (Wildman–Crippen MR) is 97.2 cm³/mol. The topological polar surface area (TPSA) is 38.7 Å². The first kappa shape index (κ1) is 18.9. The minimum absolute atomic E-state index is 0.0287. The summed E-state index contributed by atoms with van der Waals surface area (Å²) < 4.78 is 44.5. The highest BCUT2D eigenvalue weighted by Crippen LogP contribution is 2.33. The number of alkyl halides is 3. The Bertz CT molecular complexity index is 933. The van der Waals surface area contributed by atoms with Crippen molar-refractivity contribution >= 4 is 17.9 Å². The maximum absolute atomic E-state index is 13.1. The Balaban J connectivity index is 1.95. The van der Waals surface area contributed by atoms with Gasteiger partial charge >= 0.3 is 12.1 Å². The number of aliphatic imine (C=N–C) groups is 1. The second-order valence-electron chi connectivity index (χ2n) is 7.25. The zero-order valence-electron chi connectivity index (χ0n) is 15.1. The van der Waals surface area contributed by atoms with Crippen molar-refractivity contribution in [2.75, 3.05) is 0 Å². The van der Waals surface area contributed by atoms with Crippen LogP contribution in [0, 0.1) is 0 Å². The Labute approximate surface area is 155 Å². The van der Waals surface area contributed by atoms with Gasteiger partial charge in [0.2, 0.25) is 5.90 Å². The van der Waals surface area contributed by atoms with Gasteiger partial charge in [-0.2, -0.15) is 13.2 Å². The molecule has 1 heterocycles. The van der Waals surface area contributed by atoms with Crippen LogP contribution in [0.25, 0.3) is 6.08 Å². The van der Waals surface area contributed by atoms with Crippen LogP contribution in [0.1, 0.15) is 43.0 Å². The van der Waals surface area contributed by atoms with Crippen LogP contribution in [0.3, 0.4) is 0 Å². The van der Waals surface area contributed by atoms with Crippen molar-refractivity contribution in [2.45, 2.75) is 32.4 Å². The predicted octanol–water partition coefficient (Wildman–Crippen LogP) is 5.35. The first-order valence-corrected chi connectivity index (χ1v) is 8.35. The maximum Gasteiger partial charge on any atom is 0.416 e. The molecule has 27 heavy (non-hydrogen) atoms. The molecular formula is C21H18F3NO2. The van der Waals surface area contributed by atoms with Gasteiger partial charge in [0, 0.05) is 5.56 Å². The van der Waals surface area contributed by atoms with Crippen LogP contribution in [0.2, 0.25) is 0 Å². The van der Waals surface area contributed by atoms with Gasteiger partial charge in [-0.25, -0.2) is 9.79 Å². The van der Waals surface area contributed by atoms with Gasteiger partial charge in [0.05, 0.1) is 5.56 Å². The normalized spacial score (nSPS) is 16.4. The minimum Gasteiger partial charge on any atom is -0.402 e. The van der Waals surface area contributed by atoms with Crippen LogP contribution in [0.4, 0.5) is 13.2 Å². The van der Waals surface area contributed by atoms with Gasteiger partial charge in [-0.3, -0.25) is 0 Å². The number of carbonyl (C=O) groups is 1. The molecule has 1 aliphatic rings. The fraction of sp³-hybridized carbons (Fsp3) is 0.238. The molecule has 1 aliphatic heterocycles. The zero-order chi connectivity index (χ0) is 19.8. The molecule has 0 bridgehead atoms. The summed E-state index contributed by atoms with van der Waals surface area (Å²) in [6.07, 6.45) is -3.42. The molecule has 0 aliphatic carbocycles. The number of ether oxygens (including phenoxy) is 1. The highest BCUT2D eigenvalue weighted by atomic mass is 19.4. The molecule has 140 valence electrons. The number of cyclic esters (lactones) is 1. The van der Waals surface area contributed by atoms with E-state index < -0.39 is 17.7 Å². The lowest BCUT2D eigenvalue weighted by Crippen LogP contribution is -2.11. The molecule has 3 rings (SSSR count). The average Bonchev–Trinajstić information content (AvgIpc) is 2.94. The second kappa shape index (κ2) is 6.68. The standard InChI is InChI=1S/C21H18F3NO2/c1-20(2,3)15-10-8-13(9-11-15)18-25-17(19(26)27-18)12-14-6-4-5-7-16(14)21(22,23)24/h4-12H,1-3H3/b17-12-. The van der Waals surface area contributed by atoms with Crippen LogP contribution >= 0.6 is 0 Å². The number of esters is 1. The zero-order valence-corrected chi connectivity index (χ0v) is 15.1. The van der Waals surface area contributed by atoms with Crippen LogP contribution in [-0.4, -0.2) is 11.9 Å². The third-order valence-corrected chi connectivity index (χ3v) is 4.18. The molecule has 0 fully saturated rings. The third kappa shape index (κ3) is 4.10. The molecule has 3 nitrogen and oxygen atoms in total. The van der Waals surface area contributed by atoms with Gasteiger partial charge in [0.1, 0.15) is 0 Å². The Hall–Kier alpha value is -2.89. The molecule has 0 atom stereocenters. The molecule has 2 aromatic rings. The van der Waals surface area contributed by atoms with Crippen molar-refractivity contribution < 1.29 is 22.7 Å². The molecule has 0 saturated carbocycles. The lowest BCUT2D eigenvalue weighted by molar-refractivity contribution is -0.137. The Morgan fingerprint density at radius 2 is 1.59 bits per heavy atom. The monoisotopic (exact) mass is 373 g/mol. The number of hydrogen-bond acceptors (Lipinski definition) is 3. The average molecular weight is 373 g/mol. The Morgan fingerprint density at radius 3 is 2.19 bits per heavy atom. The fourth-order valence-electron chi connectivity index (χ4n) is 2.67. The van der Waals surface area contributed by atoms with Crippen molar-refractivity contribution in [3.8, 4) is 0 Å². The molecule has 0 aromatic heterocycles. The summed E-state index contributed by atoms with van der Waals surface area (Å²) in [7, 11) is 0. The molecule has 0 amide bonds. The van der Waals surface area contributed by atoms with E-state index in [0.29, 0.717) is 5.56 Å². The lowest BCUT2D eigenvalue weighted by Gasteiger charge is -2.18. The maximum atomic E-state index is 13.1. The number of nitrogens with zero attached hydrogens (tertiary/aromatic N) is 1. The summed E-state index contributed by atoms with van der Waals surface area (Å²) in [6.45, 7) is 6.23. The van der Waals surface area contributed by atoms with Gasteiger partial charge in [0.25, 0.3) is 0 Å². The van der Waals surface area contributed by atoms with E-state index in [2.05, 4.69) is 25.8 Å².